The SMILES string of the molecule is C=CCCOCCNC(=O)NC(C)CO. The maximum absolute atomic E-state index is 11.1. The molecule has 0 aromatic carbocycles. The molecule has 0 saturated carbocycles. The Morgan fingerprint density at radius 3 is 2.93 bits per heavy atom. The van der Waals surface area contributed by atoms with Gasteiger partial charge in [-0.15, -0.1) is 6.58 Å². The van der Waals surface area contributed by atoms with Crippen LogP contribution in [0.5, 0.6) is 0 Å². The van der Waals surface area contributed by atoms with Crippen molar-refractivity contribution >= 4 is 6.03 Å². The maximum Gasteiger partial charge on any atom is 0.315 e. The summed E-state index contributed by atoms with van der Waals surface area (Å²) in [5, 5.41) is 13.8. The minimum absolute atomic E-state index is 0.0662. The lowest BCUT2D eigenvalue weighted by Gasteiger charge is -2.11. The molecule has 2 amide bonds. The Bertz CT molecular complexity index is 186. The number of nitrogens with one attached hydrogen (secondary N) is 2. The summed E-state index contributed by atoms with van der Waals surface area (Å²) in [6, 6.07) is -0.518. The Morgan fingerprint density at radius 1 is 1.60 bits per heavy atom. The van der Waals surface area contributed by atoms with Crippen LogP contribution in [-0.4, -0.2) is 43.5 Å². The highest BCUT2D eigenvalue weighted by molar-refractivity contribution is 5.74. The molecule has 5 nitrogen and oxygen atoms in total. The van der Waals surface area contributed by atoms with Crippen LogP contribution in [0.1, 0.15) is 13.3 Å². The predicted molar refractivity (Wildman–Crippen MR) is 58.7 cm³/mol. The van der Waals surface area contributed by atoms with Gasteiger partial charge in [0, 0.05) is 6.54 Å². The normalized spacial score (nSPS) is 11.9. The van der Waals surface area contributed by atoms with Crippen LogP contribution in [0.3, 0.4) is 0 Å². The number of carbonyl (C=O) groups excluding carboxylic acids is 1. The van der Waals surface area contributed by atoms with Crippen molar-refractivity contribution in [2.45, 2.75) is 19.4 Å². The third kappa shape index (κ3) is 9.24. The van der Waals surface area contributed by atoms with Crippen molar-refractivity contribution in [3.63, 3.8) is 0 Å². The largest absolute Gasteiger partial charge is 0.394 e. The summed E-state index contributed by atoms with van der Waals surface area (Å²) in [6.45, 7) is 6.79. The molecule has 88 valence electrons. The minimum atomic E-state index is -0.288. The van der Waals surface area contributed by atoms with Gasteiger partial charge in [-0.3, -0.25) is 0 Å². The molecule has 0 aliphatic heterocycles. The highest BCUT2D eigenvalue weighted by Gasteiger charge is 2.03. The van der Waals surface area contributed by atoms with Crippen LogP contribution in [0.15, 0.2) is 12.7 Å². The summed E-state index contributed by atoms with van der Waals surface area (Å²) in [6.07, 6.45) is 2.59. The highest BCUT2D eigenvalue weighted by atomic mass is 16.5. The number of aliphatic hydroxyl groups is 1. The fraction of sp³-hybridized carbons (Fsp3) is 0.700. The molecule has 0 saturated heterocycles. The zero-order chi connectivity index (χ0) is 11.5. The van der Waals surface area contributed by atoms with Crippen molar-refractivity contribution in [2.75, 3.05) is 26.4 Å². The first-order valence-corrected chi connectivity index (χ1v) is 5.04. The van der Waals surface area contributed by atoms with Gasteiger partial charge in [-0.1, -0.05) is 6.08 Å². The molecular weight excluding hydrogens is 196 g/mol. The van der Waals surface area contributed by atoms with E-state index in [-0.39, 0.29) is 18.7 Å². The zero-order valence-electron chi connectivity index (χ0n) is 9.16. The first-order chi connectivity index (χ1) is 7.20. The van der Waals surface area contributed by atoms with Gasteiger partial charge in [-0.05, 0) is 13.3 Å². The highest BCUT2D eigenvalue weighted by Crippen LogP contribution is 1.82. The summed E-state index contributed by atoms with van der Waals surface area (Å²) in [7, 11) is 0. The molecule has 0 aliphatic rings. The Labute approximate surface area is 90.5 Å². The van der Waals surface area contributed by atoms with Gasteiger partial charge in [0.25, 0.3) is 0 Å². The van der Waals surface area contributed by atoms with Crippen LogP contribution in [-0.2, 0) is 4.74 Å². The molecule has 1 atom stereocenters. The topological polar surface area (TPSA) is 70.6 Å². The van der Waals surface area contributed by atoms with Crippen molar-refractivity contribution < 1.29 is 14.6 Å². The molecule has 15 heavy (non-hydrogen) atoms. The molecule has 0 aromatic heterocycles. The van der Waals surface area contributed by atoms with Gasteiger partial charge in [-0.25, -0.2) is 4.79 Å². The Balaban J connectivity index is 3.27. The Hall–Kier alpha value is -1.07. The standard InChI is InChI=1S/C10H20N2O3/c1-3-4-6-15-7-5-11-10(14)12-9(2)8-13/h3,9,13H,1,4-8H2,2H3,(H2,11,12,14). The molecule has 0 spiro atoms. The molecule has 0 bridgehead atoms. The molecule has 0 fully saturated rings. The van der Waals surface area contributed by atoms with Gasteiger partial charge < -0.3 is 20.5 Å². The van der Waals surface area contributed by atoms with E-state index in [1.807, 2.05) is 0 Å². The number of amides is 2. The molecular formula is C10H20N2O3. The first-order valence-electron chi connectivity index (χ1n) is 5.04. The van der Waals surface area contributed by atoms with Gasteiger partial charge in [-0.2, -0.15) is 0 Å². The van der Waals surface area contributed by atoms with Gasteiger partial charge >= 0.3 is 6.03 Å². The molecule has 0 aromatic rings. The van der Waals surface area contributed by atoms with E-state index in [9.17, 15) is 4.79 Å². The molecule has 5 heteroatoms. The summed E-state index contributed by atoms with van der Waals surface area (Å²) in [5.74, 6) is 0. The van der Waals surface area contributed by atoms with Crippen molar-refractivity contribution in [1.29, 1.82) is 0 Å². The van der Waals surface area contributed by atoms with Gasteiger partial charge in [0.15, 0.2) is 0 Å². The van der Waals surface area contributed by atoms with E-state index < -0.39 is 0 Å². The lowest BCUT2D eigenvalue weighted by molar-refractivity contribution is 0.140. The number of rotatable bonds is 8. The van der Waals surface area contributed by atoms with E-state index in [1.54, 1.807) is 13.0 Å². The van der Waals surface area contributed by atoms with E-state index in [0.717, 1.165) is 6.42 Å². The van der Waals surface area contributed by atoms with Gasteiger partial charge in [0.2, 0.25) is 0 Å². The minimum Gasteiger partial charge on any atom is -0.394 e. The van der Waals surface area contributed by atoms with Crippen molar-refractivity contribution in [2.24, 2.45) is 0 Å². The zero-order valence-corrected chi connectivity index (χ0v) is 9.16. The third-order valence-corrected chi connectivity index (χ3v) is 1.65. The average molecular weight is 216 g/mol. The molecule has 0 radical (unpaired) electrons. The lowest BCUT2D eigenvalue weighted by Crippen LogP contribution is -2.43. The van der Waals surface area contributed by atoms with Crippen molar-refractivity contribution in [1.82, 2.24) is 10.6 Å². The number of aliphatic hydroxyl groups excluding tert-OH is 1. The number of carbonyl (C=O) groups is 1. The fourth-order valence-electron chi connectivity index (χ4n) is 0.826. The van der Waals surface area contributed by atoms with Crippen molar-refractivity contribution in [3.05, 3.63) is 12.7 Å². The van der Waals surface area contributed by atoms with Crippen LogP contribution in [0, 0.1) is 0 Å². The average Bonchev–Trinajstić information content (AvgIpc) is 2.23. The fourth-order valence-corrected chi connectivity index (χ4v) is 0.826. The second-order valence-corrected chi connectivity index (χ2v) is 3.17. The van der Waals surface area contributed by atoms with Crippen LogP contribution in [0.4, 0.5) is 4.79 Å². The Kier molecular flexibility index (Phi) is 8.81. The number of hydrogen-bond donors (Lipinski definition) is 3. The second-order valence-electron chi connectivity index (χ2n) is 3.17. The van der Waals surface area contributed by atoms with E-state index in [0.29, 0.717) is 19.8 Å². The van der Waals surface area contributed by atoms with E-state index in [2.05, 4.69) is 17.2 Å². The first kappa shape index (κ1) is 13.9. The number of hydrogen-bond acceptors (Lipinski definition) is 3. The maximum atomic E-state index is 11.1. The summed E-state index contributed by atoms with van der Waals surface area (Å²) >= 11 is 0. The number of urea groups is 1. The quantitative estimate of drug-likeness (QED) is 0.402. The van der Waals surface area contributed by atoms with Crippen LogP contribution in [0.25, 0.3) is 0 Å². The molecule has 0 heterocycles. The van der Waals surface area contributed by atoms with Crippen LogP contribution < -0.4 is 10.6 Å². The summed E-state index contributed by atoms with van der Waals surface area (Å²) in [4.78, 5) is 11.1. The molecule has 0 aliphatic carbocycles. The molecule has 1 unspecified atom stereocenters. The third-order valence-electron chi connectivity index (χ3n) is 1.65. The lowest BCUT2D eigenvalue weighted by atomic mass is 10.4. The van der Waals surface area contributed by atoms with Gasteiger partial charge in [0.05, 0.1) is 25.9 Å². The molecule has 0 rings (SSSR count). The Morgan fingerprint density at radius 2 is 2.33 bits per heavy atom. The predicted octanol–water partition coefficient (Wildman–Crippen LogP) is 0.259. The summed E-state index contributed by atoms with van der Waals surface area (Å²) in [5.41, 5.74) is 0. The van der Waals surface area contributed by atoms with E-state index >= 15 is 0 Å². The second kappa shape index (κ2) is 9.48. The van der Waals surface area contributed by atoms with Gasteiger partial charge in [0.1, 0.15) is 0 Å². The number of ether oxygens (including phenoxy) is 1. The smallest absolute Gasteiger partial charge is 0.315 e. The monoisotopic (exact) mass is 216 g/mol. The van der Waals surface area contributed by atoms with Crippen LogP contribution >= 0.6 is 0 Å². The van der Waals surface area contributed by atoms with Crippen LogP contribution in [0.2, 0.25) is 0 Å². The van der Waals surface area contributed by atoms with E-state index in [1.165, 1.54) is 0 Å². The van der Waals surface area contributed by atoms with Crippen molar-refractivity contribution in [3.8, 4) is 0 Å². The molecule has 3 N–H and O–H groups in total. The van der Waals surface area contributed by atoms with E-state index in [4.69, 9.17) is 9.84 Å². The summed E-state index contributed by atoms with van der Waals surface area (Å²) < 4.78 is 5.19.